The minimum absolute atomic E-state index is 0.0310. The maximum absolute atomic E-state index is 15.1. The van der Waals surface area contributed by atoms with Gasteiger partial charge in [0.25, 0.3) is 0 Å². The Morgan fingerprint density at radius 1 is 0.938 bits per heavy atom. The number of carboxylic acids is 1. The highest BCUT2D eigenvalue weighted by Gasteiger charge is 2.28. The molecule has 32 heavy (non-hydrogen) atoms. The van der Waals surface area contributed by atoms with Crippen molar-refractivity contribution in [1.82, 2.24) is 5.32 Å². The van der Waals surface area contributed by atoms with E-state index in [0.717, 1.165) is 12.1 Å². The Morgan fingerprint density at radius 3 is 2.03 bits per heavy atom. The first-order chi connectivity index (χ1) is 15.2. The van der Waals surface area contributed by atoms with Gasteiger partial charge in [0.1, 0.15) is 0 Å². The first-order valence-corrected chi connectivity index (χ1v) is 9.41. The van der Waals surface area contributed by atoms with Crippen molar-refractivity contribution < 1.29 is 27.5 Å². The van der Waals surface area contributed by atoms with Gasteiger partial charge >= 0.3 is 5.97 Å². The molecule has 0 aliphatic rings. The molecule has 0 atom stereocenters. The second-order valence-electron chi connectivity index (χ2n) is 6.88. The van der Waals surface area contributed by atoms with Crippen molar-refractivity contribution in [3.05, 3.63) is 70.8 Å². The lowest BCUT2D eigenvalue weighted by atomic mass is 9.94. The molecule has 3 aromatic rings. The summed E-state index contributed by atoms with van der Waals surface area (Å²) in [6, 6.07) is 7.94. The molecule has 0 fully saturated rings. The third-order valence-corrected chi connectivity index (χ3v) is 4.92. The van der Waals surface area contributed by atoms with Gasteiger partial charge in [-0.05, 0) is 41.9 Å². The topological polar surface area (TPSA) is 99.4 Å². The lowest BCUT2D eigenvalue weighted by Crippen LogP contribution is -2.13. The second kappa shape index (κ2) is 9.25. The highest BCUT2D eigenvalue weighted by atomic mass is 19.2. The average molecular weight is 448 g/mol. The highest BCUT2D eigenvalue weighted by Crippen LogP contribution is 2.40. The maximum atomic E-state index is 15.1. The van der Waals surface area contributed by atoms with Gasteiger partial charge in [-0.15, -0.1) is 0 Å². The largest absolute Gasteiger partial charge is 0.478 e. The van der Waals surface area contributed by atoms with Crippen LogP contribution in [0.4, 0.5) is 28.9 Å². The average Bonchev–Trinajstić information content (AvgIpc) is 2.77. The zero-order valence-corrected chi connectivity index (χ0v) is 17.1. The molecule has 0 bridgehead atoms. The van der Waals surface area contributed by atoms with Crippen LogP contribution in [0.3, 0.4) is 0 Å². The zero-order valence-electron chi connectivity index (χ0n) is 17.1. The SMILES string of the molecule is CNCc1cccc(-c2c(F)c(F)c(-c3cc(NN)c(NC)c(C(=O)O)c3)c(F)c2F)c1. The van der Waals surface area contributed by atoms with Crippen molar-refractivity contribution in [3.63, 3.8) is 0 Å². The molecule has 0 heterocycles. The van der Waals surface area contributed by atoms with E-state index >= 15 is 17.6 Å². The van der Waals surface area contributed by atoms with E-state index in [0.29, 0.717) is 12.1 Å². The molecule has 3 rings (SSSR count). The Bertz CT molecular complexity index is 1170. The van der Waals surface area contributed by atoms with Crippen LogP contribution in [0.25, 0.3) is 22.3 Å². The number of aromatic carboxylic acids is 1. The van der Waals surface area contributed by atoms with Crippen molar-refractivity contribution in [2.75, 3.05) is 24.8 Å². The molecule has 0 spiro atoms. The number of carboxylic acid groups (broad SMARTS) is 1. The number of nitrogen functional groups attached to an aromatic ring is 1. The summed E-state index contributed by atoms with van der Waals surface area (Å²) in [6.07, 6.45) is 0. The fourth-order valence-corrected chi connectivity index (χ4v) is 3.52. The lowest BCUT2D eigenvalue weighted by Gasteiger charge is -2.17. The molecule has 0 radical (unpaired) electrons. The van der Waals surface area contributed by atoms with E-state index in [1.807, 2.05) is 0 Å². The second-order valence-corrected chi connectivity index (χ2v) is 6.88. The van der Waals surface area contributed by atoms with Gasteiger partial charge < -0.3 is 21.2 Å². The number of nitrogens with two attached hydrogens (primary N) is 1. The molecule has 168 valence electrons. The summed E-state index contributed by atoms with van der Waals surface area (Å²) in [5, 5.41) is 14.9. The third-order valence-electron chi connectivity index (χ3n) is 4.92. The number of rotatable bonds is 7. The minimum atomic E-state index is -1.66. The fourth-order valence-electron chi connectivity index (χ4n) is 3.52. The van der Waals surface area contributed by atoms with Crippen molar-refractivity contribution in [2.45, 2.75) is 6.54 Å². The van der Waals surface area contributed by atoms with E-state index in [1.54, 1.807) is 13.1 Å². The number of carbonyl (C=O) groups is 1. The zero-order chi connectivity index (χ0) is 23.6. The van der Waals surface area contributed by atoms with Crippen LogP contribution in [0.5, 0.6) is 0 Å². The predicted molar refractivity (Wildman–Crippen MR) is 114 cm³/mol. The molecule has 3 aromatic carbocycles. The van der Waals surface area contributed by atoms with Crippen LogP contribution in [0.1, 0.15) is 15.9 Å². The van der Waals surface area contributed by atoms with E-state index in [4.69, 9.17) is 5.84 Å². The smallest absolute Gasteiger partial charge is 0.337 e. The summed E-state index contributed by atoms with van der Waals surface area (Å²) in [5.41, 5.74) is 0.108. The number of benzene rings is 3. The first-order valence-electron chi connectivity index (χ1n) is 9.41. The molecule has 0 saturated carbocycles. The first kappa shape index (κ1) is 23.0. The summed E-state index contributed by atoms with van der Waals surface area (Å²) >= 11 is 0. The Hall–Kier alpha value is -3.63. The van der Waals surface area contributed by atoms with Gasteiger partial charge in [-0.2, -0.15) is 0 Å². The maximum Gasteiger partial charge on any atom is 0.337 e. The Morgan fingerprint density at radius 2 is 1.53 bits per heavy atom. The van der Waals surface area contributed by atoms with E-state index in [9.17, 15) is 9.90 Å². The van der Waals surface area contributed by atoms with Crippen LogP contribution in [-0.4, -0.2) is 25.2 Å². The van der Waals surface area contributed by atoms with Gasteiger partial charge in [-0.25, -0.2) is 22.4 Å². The van der Waals surface area contributed by atoms with Gasteiger partial charge in [0.15, 0.2) is 23.3 Å². The molecular weight excluding hydrogens is 428 g/mol. The Kier molecular flexibility index (Phi) is 6.66. The van der Waals surface area contributed by atoms with Crippen molar-refractivity contribution in [2.24, 2.45) is 5.84 Å². The minimum Gasteiger partial charge on any atom is -0.478 e. The van der Waals surface area contributed by atoms with Crippen LogP contribution >= 0.6 is 0 Å². The quantitative estimate of drug-likeness (QED) is 0.160. The van der Waals surface area contributed by atoms with E-state index in [1.165, 1.54) is 25.2 Å². The summed E-state index contributed by atoms with van der Waals surface area (Å²) in [6.45, 7) is 0.380. The van der Waals surface area contributed by atoms with Gasteiger partial charge in [-0.3, -0.25) is 5.84 Å². The molecule has 0 amide bonds. The normalized spacial score (nSPS) is 10.8. The molecule has 10 heteroatoms. The molecule has 0 aliphatic heterocycles. The number of hydrogen-bond donors (Lipinski definition) is 5. The van der Waals surface area contributed by atoms with Gasteiger partial charge in [-0.1, -0.05) is 18.2 Å². The number of nitrogens with one attached hydrogen (secondary N) is 3. The van der Waals surface area contributed by atoms with Gasteiger partial charge in [0.05, 0.1) is 28.1 Å². The lowest BCUT2D eigenvalue weighted by molar-refractivity contribution is 0.0698. The molecule has 0 unspecified atom stereocenters. The Labute approximate surface area is 181 Å². The summed E-state index contributed by atoms with van der Waals surface area (Å²) in [5.74, 6) is -2.56. The predicted octanol–water partition coefficient (Wildman–Crippen LogP) is 4.32. The van der Waals surface area contributed by atoms with Crippen LogP contribution in [0, 0.1) is 23.3 Å². The standard InChI is InChI=1S/C22H20F4N4O2/c1-28-9-10-4-3-5-11(6-10)15-17(23)19(25)16(20(26)18(15)24)12-7-13(22(31)32)21(29-2)14(8-12)30-27/h3-8,28-30H,9,27H2,1-2H3,(H,31,32). The molecule has 0 aromatic heterocycles. The highest BCUT2D eigenvalue weighted by molar-refractivity contribution is 6.00. The number of hydrogen-bond acceptors (Lipinski definition) is 5. The third kappa shape index (κ3) is 3.97. The molecule has 0 saturated heterocycles. The van der Waals surface area contributed by atoms with Crippen LogP contribution in [0.15, 0.2) is 36.4 Å². The van der Waals surface area contributed by atoms with Crippen LogP contribution < -0.4 is 21.9 Å². The number of halogens is 4. The summed E-state index contributed by atoms with van der Waals surface area (Å²) in [7, 11) is 3.09. The van der Waals surface area contributed by atoms with E-state index in [2.05, 4.69) is 16.1 Å². The summed E-state index contributed by atoms with van der Waals surface area (Å²) in [4.78, 5) is 11.6. The van der Waals surface area contributed by atoms with Crippen molar-refractivity contribution >= 4 is 17.3 Å². The van der Waals surface area contributed by atoms with Crippen LogP contribution in [0.2, 0.25) is 0 Å². The van der Waals surface area contributed by atoms with Gasteiger partial charge in [0.2, 0.25) is 0 Å². The van der Waals surface area contributed by atoms with Gasteiger partial charge in [0, 0.05) is 13.6 Å². The van der Waals surface area contributed by atoms with Crippen LogP contribution in [-0.2, 0) is 6.54 Å². The van der Waals surface area contributed by atoms with E-state index in [-0.39, 0.29) is 16.9 Å². The molecular formula is C22H20F4N4O2. The van der Waals surface area contributed by atoms with E-state index < -0.39 is 51.5 Å². The van der Waals surface area contributed by atoms with Crippen molar-refractivity contribution in [1.29, 1.82) is 0 Å². The van der Waals surface area contributed by atoms with Crippen molar-refractivity contribution in [3.8, 4) is 22.3 Å². The Balaban J connectivity index is 2.29. The monoisotopic (exact) mass is 448 g/mol. The molecule has 0 aliphatic carbocycles. The fraction of sp³-hybridized carbons (Fsp3) is 0.136. The summed E-state index contributed by atoms with van der Waals surface area (Å²) < 4.78 is 60.2. The molecule has 6 N–H and O–H groups in total. The molecule has 6 nitrogen and oxygen atoms in total. The number of anilines is 2. The number of hydrazine groups is 1.